The molecule has 1 aromatic heterocycles. The maximum Gasteiger partial charge on any atom is 0.320 e. The smallest absolute Gasteiger partial charge is 0.320 e. The van der Waals surface area contributed by atoms with Crippen LogP contribution in [-0.4, -0.2) is 29.0 Å². The van der Waals surface area contributed by atoms with E-state index in [1.54, 1.807) is 6.07 Å². The van der Waals surface area contributed by atoms with Gasteiger partial charge in [-0.2, -0.15) is 10.4 Å². The number of halogens is 1. The molecule has 0 saturated carbocycles. The van der Waals surface area contributed by atoms with E-state index in [2.05, 4.69) is 5.10 Å². The molecule has 0 aliphatic carbocycles. The third kappa shape index (κ3) is 6.87. The van der Waals surface area contributed by atoms with Crippen molar-refractivity contribution in [1.82, 2.24) is 9.78 Å². The Balaban J connectivity index is 1.83. The number of carbonyl (C=O) groups excluding carboxylic acids is 1. The SMILES string of the molecule is CC(C)(C)n1ncc(OCc2ccc(COCCOC(=O)CC#N)cc2)c(Cl)c1=O. The van der Waals surface area contributed by atoms with Gasteiger partial charge in [0.05, 0.1) is 31.0 Å². The summed E-state index contributed by atoms with van der Waals surface area (Å²) in [5.41, 5.74) is 0.956. The summed E-state index contributed by atoms with van der Waals surface area (Å²) >= 11 is 6.15. The number of aromatic nitrogens is 2. The van der Waals surface area contributed by atoms with Crippen LogP contribution in [0.2, 0.25) is 5.02 Å². The number of nitriles is 1. The summed E-state index contributed by atoms with van der Waals surface area (Å²) in [6, 6.07) is 9.25. The van der Waals surface area contributed by atoms with Gasteiger partial charge in [-0.3, -0.25) is 9.59 Å². The topological polar surface area (TPSA) is 103 Å². The Bertz CT molecular complexity index is 959. The highest BCUT2D eigenvalue weighted by Gasteiger charge is 2.20. The molecule has 0 amide bonds. The maximum atomic E-state index is 12.3. The fourth-order valence-electron chi connectivity index (χ4n) is 2.41. The fourth-order valence-corrected chi connectivity index (χ4v) is 2.59. The van der Waals surface area contributed by atoms with Crippen LogP contribution in [0.1, 0.15) is 38.3 Å². The van der Waals surface area contributed by atoms with Crippen molar-refractivity contribution >= 4 is 17.6 Å². The zero-order valence-corrected chi connectivity index (χ0v) is 17.9. The molecule has 0 aliphatic rings. The van der Waals surface area contributed by atoms with Crippen LogP contribution in [0, 0.1) is 11.3 Å². The van der Waals surface area contributed by atoms with Crippen LogP contribution in [0.3, 0.4) is 0 Å². The van der Waals surface area contributed by atoms with Gasteiger partial charge in [0.15, 0.2) is 10.8 Å². The fraction of sp³-hybridized carbons (Fsp3) is 0.429. The summed E-state index contributed by atoms with van der Waals surface area (Å²) in [5, 5.41) is 12.5. The number of carbonyl (C=O) groups is 1. The van der Waals surface area contributed by atoms with Crippen molar-refractivity contribution in [2.24, 2.45) is 0 Å². The number of hydrogen-bond donors (Lipinski definition) is 0. The number of nitrogens with zero attached hydrogens (tertiary/aromatic N) is 3. The largest absolute Gasteiger partial charge is 0.485 e. The average Bonchev–Trinajstić information content (AvgIpc) is 2.69. The van der Waals surface area contributed by atoms with Crippen molar-refractivity contribution in [3.05, 3.63) is 57.0 Å². The van der Waals surface area contributed by atoms with Gasteiger partial charge in [0, 0.05) is 0 Å². The second-order valence-electron chi connectivity index (χ2n) is 7.42. The van der Waals surface area contributed by atoms with E-state index in [0.717, 1.165) is 11.1 Å². The number of rotatable bonds is 9. The lowest BCUT2D eigenvalue weighted by Gasteiger charge is -2.21. The highest BCUT2D eigenvalue weighted by molar-refractivity contribution is 6.31. The zero-order chi connectivity index (χ0) is 22.1. The van der Waals surface area contributed by atoms with Crippen molar-refractivity contribution in [3.63, 3.8) is 0 Å². The summed E-state index contributed by atoms with van der Waals surface area (Å²) in [6.45, 7) is 6.54. The van der Waals surface area contributed by atoms with Crippen LogP contribution in [0.4, 0.5) is 0 Å². The molecule has 0 unspecified atom stereocenters. The lowest BCUT2D eigenvalue weighted by Crippen LogP contribution is -2.36. The number of esters is 1. The quantitative estimate of drug-likeness (QED) is 0.441. The third-order valence-electron chi connectivity index (χ3n) is 3.92. The van der Waals surface area contributed by atoms with Gasteiger partial charge in [0.2, 0.25) is 0 Å². The Morgan fingerprint density at radius 2 is 1.80 bits per heavy atom. The normalized spacial score (nSPS) is 11.0. The first-order valence-corrected chi connectivity index (χ1v) is 9.69. The number of benzene rings is 1. The first kappa shape index (κ1) is 23.4. The predicted octanol–water partition coefficient (Wildman–Crippen LogP) is 3.20. The summed E-state index contributed by atoms with van der Waals surface area (Å²) in [5.74, 6) is -0.322. The van der Waals surface area contributed by atoms with Crippen molar-refractivity contribution < 1.29 is 19.0 Å². The molecule has 0 N–H and O–H groups in total. The lowest BCUT2D eigenvalue weighted by molar-refractivity contribution is -0.144. The Morgan fingerprint density at radius 1 is 1.17 bits per heavy atom. The molecule has 9 heteroatoms. The summed E-state index contributed by atoms with van der Waals surface area (Å²) in [6.07, 6.45) is 1.18. The minimum absolute atomic E-state index is 0.000385. The van der Waals surface area contributed by atoms with Crippen molar-refractivity contribution in [3.8, 4) is 11.8 Å². The van der Waals surface area contributed by atoms with Crippen LogP contribution in [0.25, 0.3) is 0 Å². The highest BCUT2D eigenvalue weighted by atomic mass is 35.5. The molecule has 0 atom stereocenters. The van der Waals surface area contributed by atoms with Gasteiger partial charge in [-0.25, -0.2) is 4.68 Å². The highest BCUT2D eigenvalue weighted by Crippen LogP contribution is 2.22. The molecule has 1 heterocycles. The van der Waals surface area contributed by atoms with Crippen molar-refractivity contribution in [2.75, 3.05) is 13.2 Å². The van der Waals surface area contributed by atoms with Crippen LogP contribution < -0.4 is 10.3 Å². The predicted molar refractivity (Wildman–Crippen MR) is 110 cm³/mol. The molecule has 0 fully saturated rings. The Kier molecular flexibility index (Phi) is 8.39. The molecule has 160 valence electrons. The molecule has 30 heavy (non-hydrogen) atoms. The Labute approximate surface area is 179 Å². The van der Waals surface area contributed by atoms with E-state index in [4.69, 9.17) is 31.1 Å². The van der Waals surface area contributed by atoms with E-state index in [0.29, 0.717) is 6.61 Å². The molecule has 0 spiro atoms. The van der Waals surface area contributed by atoms with Crippen molar-refractivity contribution in [2.45, 2.75) is 45.9 Å². The molecular formula is C21H24ClN3O5. The molecule has 0 aliphatic heterocycles. The summed E-state index contributed by atoms with van der Waals surface area (Å²) in [7, 11) is 0. The Morgan fingerprint density at radius 3 is 2.40 bits per heavy atom. The van der Waals surface area contributed by atoms with Gasteiger partial charge in [-0.1, -0.05) is 35.9 Å². The van der Waals surface area contributed by atoms with Gasteiger partial charge in [-0.15, -0.1) is 0 Å². The van der Waals surface area contributed by atoms with E-state index in [1.807, 2.05) is 45.0 Å². The van der Waals surface area contributed by atoms with Crippen LogP contribution in [0.15, 0.2) is 35.3 Å². The van der Waals surface area contributed by atoms with Gasteiger partial charge >= 0.3 is 5.97 Å². The monoisotopic (exact) mass is 433 g/mol. The van der Waals surface area contributed by atoms with E-state index in [1.165, 1.54) is 10.9 Å². The third-order valence-corrected chi connectivity index (χ3v) is 4.27. The first-order valence-electron chi connectivity index (χ1n) is 9.31. The molecule has 0 saturated heterocycles. The van der Waals surface area contributed by atoms with E-state index >= 15 is 0 Å². The van der Waals surface area contributed by atoms with Crippen LogP contribution in [-0.2, 0) is 33.0 Å². The second kappa shape index (κ2) is 10.8. The average molecular weight is 434 g/mol. The van der Waals surface area contributed by atoms with E-state index < -0.39 is 17.1 Å². The molecule has 2 aromatic rings. The van der Waals surface area contributed by atoms with E-state index in [9.17, 15) is 9.59 Å². The number of hydrogen-bond acceptors (Lipinski definition) is 7. The molecule has 0 radical (unpaired) electrons. The standard InChI is InChI=1S/C21H24ClN3O5/c1-21(2,3)25-20(27)19(22)17(12-24-25)30-14-16-6-4-15(5-7-16)13-28-10-11-29-18(26)8-9-23/h4-7,12H,8,10-11,13-14H2,1-3H3. The Hall–Kier alpha value is -2.89. The molecule has 1 aromatic carbocycles. The summed E-state index contributed by atoms with van der Waals surface area (Å²) in [4.78, 5) is 23.4. The molecule has 8 nitrogen and oxygen atoms in total. The van der Waals surface area contributed by atoms with Gasteiger partial charge in [0.1, 0.15) is 19.6 Å². The molecule has 2 rings (SSSR count). The molecular weight excluding hydrogens is 410 g/mol. The van der Waals surface area contributed by atoms with Gasteiger partial charge < -0.3 is 14.2 Å². The number of ether oxygens (including phenoxy) is 3. The zero-order valence-electron chi connectivity index (χ0n) is 17.2. The van der Waals surface area contributed by atoms with Gasteiger partial charge in [0.25, 0.3) is 5.56 Å². The minimum Gasteiger partial charge on any atom is -0.485 e. The van der Waals surface area contributed by atoms with Crippen LogP contribution >= 0.6 is 11.6 Å². The van der Waals surface area contributed by atoms with Gasteiger partial charge in [-0.05, 0) is 31.9 Å². The lowest BCUT2D eigenvalue weighted by atomic mass is 10.1. The first-order chi connectivity index (χ1) is 14.2. The molecule has 0 bridgehead atoms. The van der Waals surface area contributed by atoms with Crippen LogP contribution in [0.5, 0.6) is 5.75 Å². The second-order valence-corrected chi connectivity index (χ2v) is 7.80. The maximum absolute atomic E-state index is 12.3. The summed E-state index contributed by atoms with van der Waals surface area (Å²) < 4.78 is 17.2. The minimum atomic E-state index is -0.559. The van der Waals surface area contributed by atoms with Crippen molar-refractivity contribution in [1.29, 1.82) is 5.26 Å². The van der Waals surface area contributed by atoms with E-state index in [-0.39, 0.29) is 37.0 Å².